The van der Waals surface area contributed by atoms with Crippen LogP contribution in [0, 0.1) is 41.4 Å². The minimum Gasteiger partial charge on any atom is -0.302 e. The van der Waals surface area contributed by atoms with Gasteiger partial charge in [0, 0.05) is 11.8 Å². The number of hydrogen-bond donors (Lipinski definition) is 0. The van der Waals surface area contributed by atoms with Crippen molar-refractivity contribution in [2.45, 2.75) is 62.3 Å². The number of imide groups is 1. The van der Waals surface area contributed by atoms with E-state index < -0.39 is 30.7 Å². The van der Waals surface area contributed by atoms with Crippen LogP contribution < -0.4 is 4.90 Å². The van der Waals surface area contributed by atoms with Crippen molar-refractivity contribution in [3.8, 4) is 0 Å². The molecule has 8 aliphatic rings. The Kier molecular flexibility index (Phi) is 3.30. The van der Waals surface area contributed by atoms with Gasteiger partial charge in [0.2, 0.25) is 11.8 Å². The standard InChI is InChI=1S/C25H28NO5P/c1-24-19-17-18(23(28)26(22(17)27)16-5-3-2-4-6-16)21(20(19)24)32(29,30-24)31-25-10-13-7-14(11-25)9-15(8-13)12-25/h2-6,13-15,17-21H,7-12H2,1H3/t13?,14?,15?,17-,18+,19-,20+,21-,24-,25?,32-/m0/s1. The average molecular weight is 453 g/mol. The molecule has 2 saturated heterocycles. The number of para-hydroxylation sites is 1. The van der Waals surface area contributed by atoms with Crippen molar-refractivity contribution in [3.05, 3.63) is 30.3 Å². The highest BCUT2D eigenvalue weighted by Gasteiger charge is 2.89. The fourth-order valence-electron chi connectivity index (χ4n) is 9.53. The van der Waals surface area contributed by atoms with Crippen LogP contribution in [0.5, 0.6) is 0 Å². The van der Waals surface area contributed by atoms with Crippen LogP contribution in [0.3, 0.4) is 0 Å². The summed E-state index contributed by atoms with van der Waals surface area (Å²) in [5.74, 6) is 0.623. The van der Waals surface area contributed by atoms with Crippen molar-refractivity contribution in [1.82, 2.24) is 0 Å². The molecule has 0 unspecified atom stereocenters. The lowest BCUT2D eigenvalue weighted by Gasteiger charge is -2.56. The number of fused-ring (bicyclic) bond motifs is 4. The van der Waals surface area contributed by atoms with Crippen molar-refractivity contribution in [1.29, 1.82) is 0 Å². The Morgan fingerprint density at radius 1 is 0.938 bits per heavy atom. The number of nitrogens with zero attached hydrogens (tertiary/aromatic N) is 1. The molecule has 4 bridgehead atoms. The molecule has 7 atom stereocenters. The molecule has 2 aliphatic heterocycles. The molecule has 9 rings (SSSR count). The third kappa shape index (κ3) is 2.09. The van der Waals surface area contributed by atoms with Gasteiger partial charge in [0.15, 0.2) is 0 Å². The van der Waals surface area contributed by atoms with Gasteiger partial charge in [-0.25, -0.2) is 0 Å². The van der Waals surface area contributed by atoms with Gasteiger partial charge in [0.1, 0.15) is 0 Å². The van der Waals surface area contributed by atoms with Gasteiger partial charge in [0.25, 0.3) is 0 Å². The summed E-state index contributed by atoms with van der Waals surface area (Å²) >= 11 is 0. The Balaban J connectivity index is 1.16. The second kappa shape index (κ2) is 5.59. The topological polar surface area (TPSA) is 72.9 Å². The van der Waals surface area contributed by atoms with Crippen molar-refractivity contribution in [3.63, 3.8) is 0 Å². The second-order valence-electron chi connectivity index (χ2n) is 11.9. The molecule has 7 heteroatoms. The number of carbonyl (C=O) groups excluding carboxylic acids is 2. The molecule has 168 valence electrons. The summed E-state index contributed by atoms with van der Waals surface area (Å²) in [4.78, 5) is 28.3. The fourth-order valence-corrected chi connectivity index (χ4v) is 13.0. The molecule has 1 aromatic rings. The van der Waals surface area contributed by atoms with E-state index in [0.29, 0.717) is 23.4 Å². The molecule has 8 fully saturated rings. The predicted molar refractivity (Wildman–Crippen MR) is 116 cm³/mol. The first kappa shape index (κ1) is 18.9. The van der Waals surface area contributed by atoms with Crippen molar-refractivity contribution < 1.29 is 23.2 Å². The van der Waals surface area contributed by atoms with Crippen LogP contribution in [0.15, 0.2) is 30.3 Å². The highest BCUT2D eigenvalue weighted by molar-refractivity contribution is 7.55. The molecule has 0 N–H and O–H groups in total. The van der Waals surface area contributed by atoms with E-state index in [0.717, 1.165) is 19.3 Å². The van der Waals surface area contributed by atoms with Crippen LogP contribution in [-0.2, 0) is 23.2 Å². The second-order valence-corrected chi connectivity index (χ2v) is 14.0. The summed E-state index contributed by atoms with van der Waals surface area (Å²) in [6.07, 6.45) is 6.76. The molecular formula is C25H28NO5P. The van der Waals surface area contributed by atoms with E-state index in [2.05, 4.69) is 0 Å². The highest BCUT2D eigenvalue weighted by Crippen LogP contribution is 2.87. The normalized spacial score (nSPS) is 56.1. The van der Waals surface area contributed by atoms with Gasteiger partial charge in [-0.1, -0.05) is 18.2 Å². The van der Waals surface area contributed by atoms with Gasteiger partial charge in [-0.3, -0.25) is 19.1 Å². The maximum absolute atomic E-state index is 14.4. The lowest BCUT2D eigenvalue weighted by Crippen LogP contribution is -2.52. The molecule has 1 aromatic carbocycles. The first-order chi connectivity index (χ1) is 15.3. The van der Waals surface area contributed by atoms with E-state index >= 15 is 0 Å². The summed E-state index contributed by atoms with van der Waals surface area (Å²) in [6, 6.07) is 9.13. The Hall–Kier alpha value is -1.49. The lowest BCUT2D eigenvalue weighted by molar-refractivity contribution is -0.124. The molecule has 6 saturated carbocycles. The first-order valence-electron chi connectivity index (χ1n) is 12.3. The maximum Gasteiger partial charge on any atom is 0.336 e. The zero-order valence-corrected chi connectivity index (χ0v) is 19.1. The number of anilines is 1. The number of hydrogen-bond acceptors (Lipinski definition) is 5. The highest BCUT2D eigenvalue weighted by atomic mass is 31.2. The van der Waals surface area contributed by atoms with E-state index in [1.807, 2.05) is 25.1 Å². The molecule has 0 spiro atoms. The molecule has 6 aliphatic carbocycles. The zero-order chi connectivity index (χ0) is 21.6. The summed E-state index contributed by atoms with van der Waals surface area (Å²) in [5.41, 5.74) is -0.809. The predicted octanol–water partition coefficient (Wildman–Crippen LogP) is 4.39. The summed E-state index contributed by atoms with van der Waals surface area (Å²) < 4.78 is 27.4. The van der Waals surface area contributed by atoms with Gasteiger partial charge in [-0.05, 0) is 75.3 Å². The summed E-state index contributed by atoms with van der Waals surface area (Å²) in [7, 11) is -3.51. The van der Waals surface area contributed by atoms with Crippen LogP contribution in [0.25, 0.3) is 0 Å². The van der Waals surface area contributed by atoms with Crippen LogP contribution in [0.1, 0.15) is 45.4 Å². The fraction of sp³-hybridized carbons (Fsp3) is 0.680. The monoisotopic (exact) mass is 453 g/mol. The quantitative estimate of drug-likeness (QED) is 0.502. The third-order valence-electron chi connectivity index (χ3n) is 10.1. The Morgan fingerprint density at radius 2 is 1.53 bits per heavy atom. The number of amides is 2. The third-order valence-corrected chi connectivity index (χ3v) is 12.8. The van der Waals surface area contributed by atoms with E-state index in [1.165, 1.54) is 24.2 Å². The van der Waals surface area contributed by atoms with Crippen molar-refractivity contribution >= 4 is 25.1 Å². The van der Waals surface area contributed by atoms with Gasteiger partial charge in [-0.15, -0.1) is 0 Å². The Morgan fingerprint density at radius 3 is 2.16 bits per heavy atom. The molecule has 0 aromatic heterocycles. The van der Waals surface area contributed by atoms with Gasteiger partial charge >= 0.3 is 7.60 Å². The lowest BCUT2D eigenvalue weighted by atomic mass is 9.54. The number of rotatable bonds is 3. The first-order valence-corrected chi connectivity index (χ1v) is 13.9. The van der Waals surface area contributed by atoms with Crippen LogP contribution in [0.2, 0.25) is 0 Å². The number of carbonyl (C=O) groups is 2. The van der Waals surface area contributed by atoms with Gasteiger partial charge < -0.3 is 9.05 Å². The minimum atomic E-state index is -3.51. The largest absolute Gasteiger partial charge is 0.336 e. The Bertz CT molecular complexity index is 1080. The molecule has 32 heavy (non-hydrogen) atoms. The molecular weight excluding hydrogens is 425 g/mol. The average Bonchev–Trinajstić information content (AvgIpc) is 2.98. The zero-order valence-electron chi connectivity index (χ0n) is 18.2. The molecule has 2 amide bonds. The van der Waals surface area contributed by atoms with Crippen LogP contribution in [-0.4, -0.2) is 28.7 Å². The summed E-state index contributed by atoms with van der Waals surface area (Å²) in [5, 5.41) is 0. The number of benzene rings is 1. The Labute approximate surface area is 187 Å². The molecule has 6 nitrogen and oxygen atoms in total. The molecule has 0 radical (unpaired) electrons. The SMILES string of the molecule is C[C@]12O[P@](=O)(OC34CC5CC(CC(C5)C3)C4)[C@H]3[C@@H]4C(=O)N(c5ccccc5)C(=O)[C@@H]4[C@H]1[C@H]32. The van der Waals surface area contributed by atoms with Crippen molar-refractivity contribution in [2.24, 2.45) is 41.4 Å². The van der Waals surface area contributed by atoms with Crippen LogP contribution >= 0.6 is 7.60 Å². The molecule has 2 heterocycles. The van der Waals surface area contributed by atoms with E-state index in [4.69, 9.17) is 9.05 Å². The van der Waals surface area contributed by atoms with Gasteiger partial charge in [0.05, 0.1) is 34.4 Å². The smallest absolute Gasteiger partial charge is 0.302 e. The van der Waals surface area contributed by atoms with E-state index in [1.54, 1.807) is 12.1 Å². The van der Waals surface area contributed by atoms with Crippen LogP contribution in [0.4, 0.5) is 5.69 Å². The van der Waals surface area contributed by atoms with E-state index in [9.17, 15) is 14.2 Å². The van der Waals surface area contributed by atoms with Gasteiger partial charge in [-0.2, -0.15) is 0 Å². The minimum absolute atomic E-state index is 0.00284. The van der Waals surface area contributed by atoms with Crippen molar-refractivity contribution in [2.75, 3.05) is 4.90 Å². The summed E-state index contributed by atoms with van der Waals surface area (Å²) in [6.45, 7) is 1.98. The van der Waals surface area contributed by atoms with E-state index in [-0.39, 0.29) is 29.3 Å². The maximum atomic E-state index is 14.4.